The molecule has 0 bridgehead atoms. The number of nitrogens with one attached hydrogen (secondary N) is 1. The molecule has 1 unspecified atom stereocenters. The lowest BCUT2D eigenvalue weighted by molar-refractivity contribution is 0.598. The molecule has 0 heterocycles. The van der Waals surface area contributed by atoms with Crippen molar-refractivity contribution in [3.05, 3.63) is 70.2 Å². The van der Waals surface area contributed by atoms with Crippen molar-refractivity contribution in [3.63, 3.8) is 0 Å². The molecule has 1 N–H and O–H groups in total. The first-order valence-corrected chi connectivity index (χ1v) is 7.14. The van der Waals surface area contributed by atoms with Crippen LogP contribution in [-0.2, 0) is 0 Å². The number of halogens is 1. The lowest BCUT2D eigenvalue weighted by Crippen LogP contribution is -2.23. The van der Waals surface area contributed by atoms with Crippen LogP contribution in [0.15, 0.2) is 48.5 Å². The van der Waals surface area contributed by atoms with Gasteiger partial charge in [-0.15, -0.1) is 0 Å². The summed E-state index contributed by atoms with van der Waals surface area (Å²) in [4.78, 5) is 0. The largest absolute Gasteiger partial charge is 0.306 e. The summed E-state index contributed by atoms with van der Waals surface area (Å²) in [6.07, 6.45) is 1.10. The lowest BCUT2D eigenvalue weighted by Gasteiger charge is -2.21. The predicted molar refractivity (Wildman–Crippen MR) is 82.8 cm³/mol. The fourth-order valence-corrected chi connectivity index (χ4v) is 2.41. The minimum atomic E-state index is 0.161. The average molecular weight is 274 g/mol. The Hall–Kier alpha value is -1.31. The first kappa shape index (κ1) is 14.1. The van der Waals surface area contributed by atoms with Gasteiger partial charge in [-0.2, -0.15) is 0 Å². The third-order valence-corrected chi connectivity index (χ3v) is 3.57. The molecule has 0 saturated carbocycles. The standard InChI is InChI=1S/C17H20ClN/c1-3-12-19-17(14-10-8-13(2)9-11-14)15-6-4-5-7-16(15)18/h4-11,17,19H,3,12H2,1-2H3. The summed E-state index contributed by atoms with van der Waals surface area (Å²) in [7, 11) is 0. The zero-order valence-corrected chi connectivity index (χ0v) is 12.2. The van der Waals surface area contributed by atoms with Crippen molar-refractivity contribution in [2.45, 2.75) is 26.3 Å². The Balaban J connectivity index is 2.35. The first-order chi connectivity index (χ1) is 9.22. The molecule has 2 aromatic carbocycles. The molecular weight excluding hydrogens is 254 g/mol. The minimum absolute atomic E-state index is 0.161. The topological polar surface area (TPSA) is 12.0 Å². The monoisotopic (exact) mass is 273 g/mol. The van der Waals surface area contributed by atoms with E-state index < -0.39 is 0 Å². The van der Waals surface area contributed by atoms with Crippen molar-refractivity contribution in [1.29, 1.82) is 0 Å². The lowest BCUT2D eigenvalue weighted by atomic mass is 9.97. The van der Waals surface area contributed by atoms with Gasteiger partial charge < -0.3 is 5.32 Å². The smallest absolute Gasteiger partial charge is 0.0591 e. The van der Waals surface area contributed by atoms with Gasteiger partial charge in [-0.25, -0.2) is 0 Å². The number of rotatable bonds is 5. The van der Waals surface area contributed by atoms with E-state index in [2.05, 4.69) is 49.5 Å². The van der Waals surface area contributed by atoms with E-state index in [1.807, 2.05) is 18.2 Å². The second-order valence-electron chi connectivity index (χ2n) is 4.82. The Morgan fingerprint density at radius 1 is 1.05 bits per heavy atom. The van der Waals surface area contributed by atoms with Gasteiger partial charge in [0.25, 0.3) is 0 Å². The van der Waals surface area contributed by atoms with Crippen LogP contribution in [0, 0.1) is 6.92 Å². The van der Waals surface area contributed by atoms with Crippen LogP contribution in [0.4, 0.5) is 0 Å². The van der Waals surface area contributed by atoms with E-state index in [4.69, 9.17) is 11.6 Å². The number of hydrogen-bond acceptors (Lipinski definition) is 1. The van der Waals surface area contributed by atoms with Crippen LogP contribution < -0.4 is 5.32 Å². The Kier molecular flexibility index (Phi) is 5.00. The number of benzene rings is 2. The molecule has 0 aliphatic rings. The summed E-state index contributed by atoms with van der Waals surface area (Å²) in [5, 5.41) is 4.39. The van der Waals surface area contributed by atoms with Gasteiger partial charge >= 0.3 is 0 Å². The second-order valence-corrected chi connectivity index (χ2v) is 5.23. The minimum Gasteiger partial charge on any atom is -0.306 e. The van der Waals surface area contributed by atoms with E-state index in [1.54, 1.807) is 0 Å². The third-order valence-electron chi connectivity index (χ3n) is 3.23. The normalized spacial score (nSPS) is 12.4. The zero-order valence-electron chi connectivity index (χ0n) is 11.5. The van der Waals surface area contributed by atoms with Crippen molar-refractivity contribution in [2.24, 2.45) is 0 Å². The van der Waals surface area contributed by atoms with Crippen molar-refractivity contribution >= 4 is 11.6 Å². The molecule has 0 aliphatic heterocycles. The molecule has 0 amide bonds. The maximum Gasteiger partial charge on any atom is 0.0591 e. The fourth-order valence-electron chi connectivity index (χ4n) is 2.16. The molecule has 0 spiro atoms. The van der Waals surface area contributed by atoms with E-state index in [0.717, 1.165) is 23.6 Å². The molecule has 100 valence electrons. The van der Waals surface area contributed by atoms with E-state index in [0.29, 0.717) is 0 Å². The summed E-state index contributed by atoms with van der Waals surface area (Å²) >= 11 is 6.34. The molecule has 0 aromatic heterocycles. The quantitative estimate of drug-likeness (QED) is 0.830. The van der Waals surface area contributed by atoms with Crippen molar-refractivity contribution in [1.82, 2.24) is 5.32 Å². The van der Waals surface area contributed by atoms with Gasteiger partial charge in [0.15, 0.2) is 0 Å². The highest BCUT2D eigenvalue weighted by Gasteiger charge is 2.15. The predicted octanol–water partition coefficient (Wildman–Crippen LogP) is 4.74. The van der Waals surface area contributed by atoms with Crippen molar-refractivity contribution < 1.29 is 0 Å². The molecule has 1 atom stereocenters. The Morgan fingerprint density at radius 2 is 1.74 bits per heavy atom. The van der Waals surface area contributed by atoms with Crippen LogP contribution in [0.25, 0.3) is 0 Å². The molecule has 19 heavy (non-hydrogen) atoms. The van der Waals surface area contributed by atoms with E-state index >= 15 is 0 Å². The van der Waals surface area contributed by atoms with Crippen molar-refractivity contribution in [3.8, 4) is 0 Å². The van der Waals surface area contributed by atoms with E-state index in [9.17, 15) is 0 Å². The fraction of sp³-hybridized carbons (Fsp3) is 0.294. The highest BCUT2D eigenvalue weighted by Crippen LogP contribution is 2.28. The van der Waals surface area contributed by atoms with E-state index in [1.165, 1.54) is 11.1 Å². The van der Waals surface area contributed by atoms with Crippen LogP contribution in [0.5, 0.6) is 0 Å². The summed E-state index contributed by atoms with van der Waals surface area (Å²) in [5.74, 6) is 0. The molecule has 0 aliphatic carbocycles. The van der Waals surface area contributed by atoms with Crippen molar-refractivity contribution in [2.75, 3.05) is 6.54 Å². The Morgan fingerprint density at radius 3 is 2.37 bits per heavy atom. The maximum atomic E-state index is 6.34. The molecule has 0 radical (unpaired) electrons. The van der Waals surface area contributed by atoms with Gasteiger partial charge in [0, 0.05) is 5.02 Å². The molecule has 0 fully saturated rings. The summed E-state index contributed by atoms with van der Waals surface area (Å²) in [5.41, 5.74) is 3.67. The van der Waals surface area contributed by atoms with Crippen LogP contribution in [-0.4, -0.2) is 6.54 Å². The van der Waals surface area contributed by atoms with Crippen LogP contribution in [0.3, 0.4) is 0 Å². The van der Waals surface area contributed by atoms with Crippen LogP contribution in [0.1, 0.15) is 36.1 Å². The molecule has 0 saturated heterocycles. The highest BCUT2D eigenvalue weighted by molar-refractivity contribution is 6.31. The van der Waals surface area contributed by atoms with E-state index in [-0.39, 0.29) is 6.04 Å². The van der Waals surface area contributed by atoms with Gasteiger partial charge in [-0.1, -0.05) is 66.6 Å². The molecule has 1 nitrogen and oxygen atoms in total. The Bertz CT molecular complexity index is 519. The second kappa shape index (κ2) is 6.74. The maximum absolute atomic E-state index is 6.34. The summed E-state index contributed by atoms with van der Waals surface area (Å²) in [6.45, 7) is 5.25. The Labute approximate surface area is 120 Å². The third kappa shape index (κ3) is 3.59. The van der Waals surface area contributed by atoms with Gasteiger partial charge in [0.2, 0.25) is 0 Å². The zero-order chi connectivity index (χ0) is 13.7. The highest BCUT2D eigenvalue weighted by atomic mass is 35.5. The summed E-state index contributed by atoms with van der Waals surface area (Å²) in [6, 6.07) is 16.8. The number of hydrogen-bond donors (Lipinski definition) is 1. The first-order valence-electron chi connectivity index (χ1n) is 6.76. The molecular formula is C17H20ClN. The number of aryl methyl sites for hydroxylation is 1. The molecule has 2 heteroatoms. The van der Waals surface area contributed by atoms with Crippen LogP contribution in [0.2, 0.25) is 5.02 Å². The van der Waals surface area contributed by atoms with Gasteiger partial charge in [0.1, 0.15) is 0 Å². The molecule has 2 rings (SSSR count). The average Bonchev–Trinajstić information content (AvgIpc) is 2.43. The van der Waals surface area contributed by atoms with Gasteiger partial charge in [0.05, 0.1) is 6.04 Å². The molecule has 2 aromatic rings. The van der Waals surface area contributed by atoms with Crippen LogP contribution >= 0.6 is 11.6 Å². The van der Waals surface area contributed by atoms with Gasteiger partial charge in [-0.3, -0.25) is 0 Å². The van der Waals surface area contributed by atoms with Gasteiger partial charge in [-0.05, 0) is 37.1 Å². The summed E-state index contributed by atoms with van der Waals surface area (Å²) < 4.78 is 0. The SMILES string of the molecule is CCCNC(c1ccc(C)cc1)c1ccccc1Cl.